The first-order chi connectivity index (χ1) is 9.99. The van der Waals surface area contributed by atoms with E-state index in [4.69, 9.17) is 4.74 Å². The van der Waals surface area contributed by atoms with Gasteiger partial charge in [-0.3, -0.25) is 0 Å². The monoisotopic (exact) mass is 313 g/mol. The molecule has 1 N–H and O–H groups in total. The Morgan fingerprint density at radius 2 is 1.91 bits per heavy atom. The van der Waals surface area contributed by atoms with Crippen LogP contribution in [0.2, 0.25) is 0 Å². The third kappa shape index (κ3) is 6.08. The minimum absolute atomic E-state index is 0.0506. The predicted molar refractivity (Wildman–Crippen MR) is 77.3 cm³/mol. The van der Waals surface area contributed by atoms with Crippen LogP contribution in [0.1, 0.15) is 37.5 Å². The number of nitrogens with one attached hydrogen (secondary N) is 1. The Balaban J connectivity index is 2.63. The fourth-order valence-corrected chi connectivity index (χ4v) is 1.64. The average Bonchev–Trinajstić information content (AvgIpc) is 2.31. The molecular formula is C16H18F3NO2. The van der Waals surface area contributed by atoms with Gasteiger partial charge in [-0.05, 0) is 51.5 Å². The number of aryl methyl sites for hydroxylation is 1. The molecule has 0 saturated heterocycles. The van der Waals surface area contributed by atoms with Gasteiger partial charge in [0.1, 0.15) is 5.60 Å². The summed E-state index contributed by atoms with van der Waals surface area (Å²) >= 11 is 0. The number of amides is 1. The van der Waals surface area contributed by atoms with Crippen LogP contribution in [0.15, 0.2) is 18.2 Å². The largest absolute Gasteiger partial charge is 0.444 e. The number of hydrogen-bond donors (Lipinski definition) is 1. The number of ether oxygens (including phenoxy) is 1. The van der Waals surface area contributed by atoms with E-state index < -0.39 is 23.4 Å². The standard InChI is InChI=1S/C16H18F3NO2/c1-11-10-12(7-8-13(11)16(17,18)19)6-5-9-20-14(21)22-15(2,3)4/h7-8,10H,9H2,1-4H3,(H,20,21). The molecule has 3 nitrogen and oxygen atoms in total. The quantitative estimate of drug-likeness (QED) is 0.799. The van der Waals surface area contributed by atoms with Crippen LogP contribution in [0.4, 0.5) is 18.0 Å². The van der Waals surface area contributed by atoms with Crippen LogP contribution >= 0.6 is 0 Å². The molecular weight excluding hydrogens is 295 g/mol. The van der Waals surface area contributed by atoms with Crippen molar-refractivity contribution in [3.8, 4) is 11.8 Å². The first-order valence-corrected chi connectivity index (χ1v) is 6.62. The Bertz CT molecular complexity index is 605. The lowest BCUT2D eigenvalue weighted by Crippen LogP contribution is -2.32. The van der Waals surface area contributed by atoms with Crippen LogP contribution in [0, 0.1) is 18.8 Å². The molecule has 0 radical (unpaired) electrons. The smallest absolute Gasteiger partial charge is 0.416 e. The van der Waals surface area contributed by atoms with Crippen LogP contribution in [-0.4, -0.2) is 18.2 Å². The Morgan fingerprint density at radius 3 is 2.41 bits per heavy atom. The van der Waals surface area contributed by atoms with Crippen molar-refractivity contribution >= 4 is 6.09 Å². The molecule has 0 aliphatic carbocycles. The van der Waals surface area contributed by atoms with Crippen molar-refractivity contribution in [1.82, 2.24) is 5.32 Å². The third-order valence-corrected chi connectivity index (χ3v) is 2.48. The Labute approximate surface area is 127 Å². The summed E-state index contributed by atoms with van der Waals surface area (Å²) in [4.78, 5) is 11.4. The molecule has 0 aromatic heterocycles. The normalized spacial score (nSPS) is 11.4. The molecule has 0 bridgehead atoms. The number of halogens is 3. The fourth-order valence-electron chi connectivity index (χ4n) is 1.64. The lowest BCUT2D eigenvalue weighted by atomic mass is 10.1. The highest BCUT2D eigenvalue weighted by atomic mass is 19.4. The van der Waals surface area contributed by atoms with E-state index in [0.717, 1.165) is 6.07 Å². The van der Waals surface area contributed by atoms with E-state index in [1.807, 2.05) is 0 Å². The first-order valence-electron chi connectivity index (χ1n) is 6.62. The third-order valence-electron chi connectivity index (χ3n) is 2.48. The Morgan fingerprint density at radius 1 is 1.27 bits per heavy atom. The van der Waals surface area contributed by atoms with E-state index in [1.54, 1.807) is 20.8 Å². The van der Waals surface area contributed by atoms with Crippen LogP contribution in [0.5, 0.6) is 0 Å². The van der Waals surface area contributed by atoms with Crippen molar-refractivity contribution in [3.63, 3.8) is 0 Å². The second-order valence-electron chi connectivity index (χ2n) is 5.68. The lowest BCUT2D eigenvalue weighted by molar-refractivity contribution is -0.138. The molecule has 1 aromatic rings. The molecule has 6 heteroatoms. The molecule has 1 aromatic carbocycles. The summed E-state index contributed by atoms with van der Waals surface area (Å²) in [6, 6.07) is 3.67. The summed E-state index contributed by atoms with van der Waals surface area (Å²) in [5.74, 6) is 5.36. The van der Waals surface area contributed by atoms with Gasteiger partial charge in [-0.15, -0.1) is 0 Å². The number of alkyl carbamates (subject to hydrolysis) is 1. The van der Waals surface area contributed by atoms with Crippen LogP contribution in [0.3, 0.4) is 0 Å². The maximum absolute atomic E-state index is 12.6. The van der Waals surface area contributed by atoms with Crippen molar-refractivity contribution in [2.45, 2.75) is 39.5 Å². The van der Waals surface area contributed by atoms with Crippen molar-refractivity contribution in [2.24, 2.45) is 0 Å². The van der Waals surface area contributed by atoms with Crippen molar-refractivity contribution < 1.29 is 22.7 Å². The zero-order chi connectivity index (χ0) is 17.0. The Kier molecular flexibility index (Phi) is 5.48. The van der Waals surface area contributed by atoms with E-state index in [0.29, 0.717) is 5.56 Å². The summed E-state index contributed by atoms with van der Waals surface area (Å²) in [7, 11) is 0. The van der Waals surface area contributed by atoms with Gasteiger partial charge in [0.2, 0.25) is 0 Å². The summed E-state index contributed by atoms with van der Waals surface area (Å²) in [5, 5.41) is 2.44. The van der Waals surface area contributed by atoms with Gasteiger partial charge in [0, 0.05) is 5.56 Å². The van der Waals surface area contributed by atoms with Gasteiger partial charge in [0.05, 0.1) is 12.1 Å². The maximum atomic E-state index is 12.6. The molecule has 120 valence electrons. The maximum Gasteiger partial charge on any atom is 0.416 e. The summed E-state index contributed by atoms with van der Waals surface area (Å²) in [6.45, 7) is 6.65. The van der Waals surface area contributed by atoms with Crippen molar-refractivity contribution in [3.05, 3.63) is 34.9 Å². The van der Waals surface area contributed by atoms with Crippen molar-refractivity contribution in [2.75, 3.05) is 6.54 Å². The second-order valence-corrected chi connectivity index (χ2v) is 5.68. The van der Waals surface area contributed by atoms with Gasteiger partial charge in [-0.25, -0.2) is 4.79 Å². The fraction of sp³-hybridized carbons (Fsp3) is 0.438. The first kappa shape index (κ1) is 17.9. The summed E-state index contributed by atoms with van der Waals surface area (Å²) < 4.78 is 42.9. The van der Waals surface area contributed by atoms with Crippen LogP contribution in [-0.2, 0) is 10.9 Å². The van der Waals surface area contributed by atoms with Gasteiger partial charge in [0.15, 0.2) is 0 Å². The van der Waals surface area contributed by atoms with Gasteiger partial charge in [0.25, 0.3) is 0 Å². The molecule has 1 rings (SSSR count). The molecule has 22 heavy (non-hydrogen) atoms. The topological polar surface area (TPSA) is 38.3 Å². The number of carbonyl (C=O) groups excluding carboxylic acids is 1. The van der Waals surface area contributed by atoms with Crippen LogP contribution in [0.25, 0.3) is 0 Å². The highest BCUT2D eigenvalue weighted by Crippen LogP contribution is 2.31. The van der Waals surface area contributed by atoms with E-state index >= 15 is 0 Å². The van der Waals surface area contributed by atoms with Crippen LogP contribution < -0.4 is 5.32 Å². The van der Waals surface area contributed by atoms with Crippen molar-refractivity contribution in [1.29, 1.82) is 0 Å². The molecule has 1 amide bonds. The van der Waals surface area contributed by atoms with Gasteiger partial charge in [-0.1, -0.05) is 11.8 Å². The van der Waals surface area contributed by atoms with E-state index in [1.165, 1.54) is 19.1 Å². The molecule has 0 saturated carbocycles. The lowest BCUT2D eigenvalue weighted by Gasteiger charge is -2.19. The van der Waals surface area contributed by atoms with Gasteiger partial charge >= 0.3 is 12.3 Å². The molecule has 0 unspecified atom stereocenters. The predicted octanol–water partition coefficient (Wildman–Crippen LogP) is 3.89. The highest BCUT2D eigenvalue weighted by Gasteiger charge is 2.31. The van der Waals surface area contributed by atoms with E-state index in [-0.39, 0.29) is 12.1 Å². The number of hydrogen-bond acceptors (Lipinski definition) is 2. The van der Waals surface area contributed by atoms with E-state index in [2.05, 4.69) is 17.2 Å². The summed E-state index contributed by atoms with van der Waals surface area (Å²) in [6.07, 6.45) is -4.96. The molecule has 0 heterocycles. The number of alkyl halides is 3. The second kappa shape index (κ2) is 6.73. The number of carbonyl (C=O) groups is 1. The minimum Gasteiger partial charge on any atom is -0.444 e. The zero-order valence-electron chi connectivity index (χ0n) is 12.9. The zero-order valence-corrected chi connectivity index (χ0v) is 12.9. The van der Waals surface area contributed by atoms with E-state index in [9.17, 15) is 18.0 Å². The summed E-state index contributed by atoms with van der Waals surface area (Å²) in [5.41, 5.74) is -0.706. The average molecular weight is 313 g/mol. The SMILES string of the molecule is Cc1cc(C#CCNC(=O)OC(C)(C)C)ccc1C(F)(F)F. The van der Waals surface area contributed by atoms with Gasteiger partial charge < -0.3 is 10.1 Å². The Hall–Kier alpha value is -2.16. The minimum atomic E-state index is -4.37. The molecule has 0 aliphatic rings. The molecule has 0 spiro atoms. The molecule has 0 fully saturated rings. The highest BCUT2D eigenvalue weighted by molar-refractivity contribution is 5.68. The molecule has 0 aliphatic heterocycles. The number of benzene rings is 1. The number of rotatable bonds is 1. The molecule has 0 atom stereocenters. The van der Waals surface area contributed by atoms with Gasteiger partial charge in [-0.2, -0.15) is 13.2 Å².